The van der Waals surface area contributed by atoms with Gasteiger partial charge in [0, 0.05) is 42.2 Å². The number of piperidine rings is 1. The highest BCUT2D eigenvalue weighted by molar-refractivity contribution is 8.17. The van der Waals surface area contributed by atoms with Gasteiger partial charge in [-0.3, -0.25) is 9.53 Å². The van der Waals surface area contributed by atoms with E-state index in [1.165, 1.54) is 17.7 Å². The summed E-state index contributed by atoms with van der Waals surface area (Å²) in [6.45, 7) is 0.993. The molecular formula is C20H25N7OS2. The summed E-state index contributed by atoms with van der Waals surface area (Å²) >= 11 is 1.81. The van der Waals surface area contributed by atoms with Gasteiger partial charge < -0.3 is 5.43 Å². The largest absolute Gasteiger partial charge is 0.307 e. The SMILES string of the molecule is O=S(C1=C2NN3NCCC3C3CC(c4cnn5ccnc5c4)NC(S1)C23)C1CCC1. The summed E-state index contributed by atoms with van der Waals surface area (Å²) in [5.41, 5.74) is 10.4. The van der Waals surface area contributed by atoms with Crippen molar-refractivity contribution in [2.75, 3.05) is 6.54 Å². The Morgan fingerprint density at radius 2 is 2.20 bits per heavy atom. The lowest BCUT2D eigenvalue weighted by Crippen LogP contribution is -2.61. The minimum atomic E-state index is -0.898. The van der Waals surface area contributed by atoms with Gasteiger partial charge in [0.15, 0.2) is 5.65 Å². The van der Waals surface area contributed by atoms with Crippen LogP contribution in [0.25, 0.3) is 5.65 Å². The molecule has 4 fully saturated rings. The molecule has 10 heteroatoms. The van der Waals surface area contributed by atoms with E-state index in [1.807, 2.05) is 28.7 Å². The van der Waals surface area contributed by atoms with Crippen LogP contribution >= 0.6 is 11.8 Å². The van der Waals surface area contributed by atoms with Crippen LogP contribution in [0.5, 0.6) is 0 Å². The molecule has 3 N–H and O–H groups in total. The number of hydrogen-bond donors (Lipinski definition) is 3. The van der Waals surface area contributed by atoms with Crippen LogP contribution in [-0.2, 0) is 10.8 Å². The summed E-state index contributed by atoms with van der Waals surface area (Å²) in [5, 5.41) is 11.2. The Balaban J connectivity index is 1.25. The molecule has 1 aliphatic carbocycles. The van der Waals surface area contributed by atoms with Gasteiger partial charge in [0.05, 0.1) is 32.3 Å². The molecule has 0 spiro atoms. The van der Waals surface area contributed by atoms with Crippen LogP contribution in [-0.4, -0.2) is 47.1 Å². The highest BCUT2D eigenvalue weighted by atomic mass is 32.2. The quantitative estimate of drug-likeness (QED) is 0.660. The molecule has 2 aromatic heterocycles. The predicted molar refractivity (Wildman–Crippen MR) is 116 cm³/mol. The van der Waals surface area contributed by atoms with Crippen LogP contribution < -0.4 is 16.2 Å². The van der Waals surface area contributed by atoms with E-state index in [0.717, 1.165) is 42.1 Å². The average Bonchev–Trinajstić information content (AvgIpc) is 3.44. The molecule has 4 aliphatic heterocycles. The molecule has 0 radical (unpaired) electrons. The van der Waals surface area contributed by atoms with Gasteiger partial charge in [0.1, 0.15) is 0 Å². The van der Waals surface area contributed by atoms with Crippen molar-refractivity contribution in [1.82, 2.24) is 35.9 Å². The second-order valence-corrected chi connectivity index (χ2v) is 12.1. The topological polar surface area (TPSA) is 86.6 Å². The van der Waals surface area contributed by atoms with E-state index in [2.05, 4.69) is 37.4 Å². The van der Waals surface area contributed by atoms with Gasteiger partial charge in [0.25, 0.3) is 0 Å². The number of aromatic nitrogens is 3. The molecule has 0 aromatic carbocycles. The average molecular weight is 444 g/mol. The third kappa shape index (κ3) is 2.60. The number of hydrazine groups is 2. The normalized spacial score (nSPS) is 37.0. The van der Waals surface area contributed by atoms with Gasteiger partial charge >= 0.3 is 0 Å². The van der Waals surface area contributed by atoms with E-state index in [0.29, 0.717) is 23.1 Å². The van der Waals surface area contributed by atoms with Crippen molar-refractivity contribution >= 4 is 28.2 Å². The molecule has 6 atom stereocenters. The van der Waals surface area contributed by atoms with Crippen LogP contribution in [0.15, 0.2) is 34.6 Å². The molecule has 0 bridgehead atoms. The van der Waals surface area contributed by atoms with E-state index in [-0.39, 0.29) is 11.4 Å². The maximum Gasteiger partial charge on any atom is 0.153 e. The molecule has 1 saturated carbocycles. The van der Waals surface area contributed by atoms with Crippen molar-refractivity contribution in [3.63, 3.8) is 0 Å². The molecule has 0 amide bonds. The van der Waals surface area contributed by atoms with Gasteiger partial charge in [-0.25, -0.2) is 14.9 Å². The number of imidazole rings is 1. The van der Waals surface area contributed by atoms with E-state index < -0.39 is 10.8 Å². The van der Waals surface area contributed by atoms with Crippen LogP contribution in [0.2, 0.25) is 0 Å². The molecule has 158 valence electrons. The first-order valence-electron chi connectivity index (χ1n) is 10.9. The number of thioether (sulfide) groups is 1. The Morgan fingerprint density at radius 3 is 3.07 bits per heavy atom. The van der Waals surface area contributed by atoms with Crippen molar-refractivity contribution in [2.24, 2.45) is 11.8 Å². The smallest absolute Gasteiger partial charge is 0.153 e. The van der Waals surface area contributed by atoms with Crippen molar-refractivity contribution in [1.29, 1.82) is 0 Å². The Labute approximate surface area is 181 Å². The Bertz CT molecular complexity index is 1070. The van der Waals surface area contributed by atoms with Crippen molar-refractivity contribution in [3.8, 4) is 0 Å². The van der Waals surface area contributed by atoms with Gasteiger partial charge in [-0.1, -0.05) is 18.2 Å². The van der Waals surface area contributed by atoms with Gasteiger partial charge in [0.2, 0.25) is 0 Å². The van der Waals surface area contributed by atoms with Gasteiger partial charge in [-0.15, -0.1) is 0 Å². The summed E-state index contributed by atoms with van der Waals surface area (Å²) < 4.78 is 16.2. The zero-order valence-electron chi connectivity index (χ0n) is 16.5. The fourth-order valence-electron chi connectivity index (χ4n) is 5.69. The zero-order chi connectivity index (χ0) is 19.8. The fraction of sp³-hybridized carbons (Fsp3) is 0.600. The lowest BCUT2D eigenvalue weighted by molar-refractivity contribution is 0.00558. The first-order chi connectivity index (χ1) is 14.8. The number of rotatable bonds is 3. The van der Waals surface area contributed by atoms with E-state index in [4.69, 9.17) is 0 Å². The van der Waals surface area contributed by atoms with Crippen molar-refractivity contribution < 1.29 is 4.21 Å². The fourth-order valence-corrected chi connectivity index (χ4v) is 9.51. The Hall–Kier alpha value is -1.46. The lowest BCUT2D eigenvalue weighted by Gasteiger charge is -2.48. The molecule has 6 unspecified atom stereocenters. The molecule has 8 nitrogen and oxygen atoms in total. The number of fused-ring (bicyclic) bond motifs is 3. The summed E-state index contributed by atoms with van der Waals surface area (Å²) in [5.74, 6) is 0.918. The minimum absolute atomic E-state index is 0.233. The molecule has 5 aliphatic rings. The van der Waals surface area contributed by atoms with E-state index in [9.17, 15) is 4.21 Å². The predicted octanol–water partition coefficient (Wildman–Crippen LogP) is 1.64. The Morgan fingerprint density at radius 1 is 1.27 bits per heavy atom. The monoisotopic (exact) mass is 443 g/mol. The number of nitrogens with zero attached hydrogens (tertiary/aromatic N) is 4. The highest BCUT2D eigenvalue weighted by Crippen LogP contribution is 2.55. The molecular weight excluding hydrogens is 418 g/mol. The summed E-state index contributed by atoms with van der Waals surface area (Å²) in [4.78, 5) is 4.42. The van der Waals surface area contributed by atoms with Crippen LogP contribution in [0.3, 0.4) is 0 Å². The van der Waals surface area contributed by atoms with Crippen LogP contribution in [0.4, 0.5) is 0 Å². The maximum atomic E-state index is 13.3. The second kappa shape index (κ2) is 6.77. The third-order valence-corrected chi connectivity index (χ3v) is 11.0. The second-order valence-electron chi connectivity index (χ2n) is 9.00. The molecule has 6 heterocycles. The lowest BCUT2D eigenvalue weighted by atomic mass is 9.74. The number of hydrogen-bond acceptors (Lipinski definition) is 8. The molecule has 2 aromatic rings. The molecule has 30 heavy (non-hydrogen) atoms. The summed E-state index contributed by atoms with van der Waals surface area (Å²) in [6.07, 6.45) is 11.2. The van der Waals surface area contributed by atoms with Gasteiger partial charge in [-0.05, 0) is 43.2 Å². The number of nitrogens with one attached hydrogen (secondary N) is 3. The van der Waals surface area contributed by atoms with E-state index in [1.54, 1.807) is 6.20 Å². The minimum Gasteiger partial charge on any atom is -0.307 e. The highest BCUT2D eigenvalue weighted by Gasteiger charge is 2.55. The van der Waals surface area contributed by atoms with Crippen LogP contribution in [0, 0.1) is 11.8 Å². The molecule has 3 saturated heterocycles. The summed E-state index contributed by atoms with van der Waals surface area (Å²) in [7, 11) is -0.898. The molecule has 7 rings (SSSR count). The first kappa shape index (κ1) is 18.1. The summed E-state index contributed by atoms with van der Waals surface area (Å²) in [6, 6.07) is 2.85. The van der Waals surface area contributed by atoms with Crippen molar-refractivity contribution in [2.45, 2.75) is 54.8 Å². The van der Waals surface area contributed by atoms with E-state index >= 15 is 0 Å². The Kier molecular flexibility index (Phi) is 4.09. The first-order valence-corrected chi connectivity index (χ1v) is 13.0. The maximum absolute atomic E-state index is 13.3. The zero-order valence-corrected chi connectivity index (χ0v) is 18.2. The van der Waals surface area contributed by atoms with Crippen LogP contribution in [0.1, 0.15) is 43.7 Å². The van der Waals surface area contributed by atoms with Gasteiger partial charge in [-0.2, -0.15) is 10.2 Å². The third-order valence-electron chi connectivity index (χ3n) is 7.45. The standard InChI is InChI=1S/C20H25N7OS2/c28-30(12-2-1-3-12)20-18-17-13(15-4-5-22-27(15)25-18)9-14(24-19(17)29-20)11-8-16-21-6-7-26(16)23-10-11/h6-8,10,12-15,17,19,22,24-25H,1-5,9H2. The van der Waals surface area contributed by atoms with Crippen molar-refractivity contribution in [3.05, 3.63) is 40.2 Å².